The summed E-state index contributed by atoms with van der Waals surface area (Å²) in [6.07, 6.45) is 1.08. The van der Waals surface area contributed by atoms with Crippen LogP contribution in [-0.2, 0) is 15.8 Å². The molecule has 0 atom stereocenters. The molecule has 7 heteroatoms. The van der Waals surface area contributed by atoms with Crippen LogP contribution < -0.4 is 4.72 Å². The van der Waals surface area contributed by atoms with E-state index in [0.717, 1.165) is 0 Å². The second-order valence-corrected chi connectivity index (χ2v) is 6.33. The Morgan fingerprint density at radius 3 is 2.82 bits per heavy atom. The number of sulfonamides is 1. The molecule has 1 aliphatic rings. The lowest BCUT2D eigenvalue weighted by atomic mass is 9.83. The van der Waals surface area contributed by atoms with Gasteiger partial charge in [-0.2, -0.15) is 0 Å². The van der Waals surface area contributed by atoms with E-state index in [1.54, 1.807) is 13.0 Å². The molecule has 0 radical (unpaired) electrons. The Morgan fingerprint density at radius 1 is 1.59 bits per heavy atom. The maximum absolute atomic E-state index is 11.7. The van der Waals surface area contributed by atoms with Crippen LogP contribution in [0.4, 0.5) is 0 Å². The average molecular weight is 260 g/mol. The van der Waals surface area contributed by atoms with Crippen LogP contribution >= 0.6 is 0 Å². The lowest BCUT2D eigenvalue weighted by Crippen LogP contribution is -2.38. The van der Waals surface area contributed by atoms with Crippen molar-refractivity contribution < 1.29 is 18.0 Å². The first kappa shape index (κ1) is 12.5. The molecule has 1 saturated carbocycles. The second kappa shape index (κ2) is 4.75. The molecule has 1 aromatic heterocycles. The average Bonchev–Trinajstić information content (AvgIpc) is 2.56. The van der Waals surface area contributed by atoms with Crippen molar-refractivity contribution in [2.75, 3.05) is 6.54 Å². The first-order valence-corrected chi connectivity index (χ1v) is 7.17. The number of hydrogen-bond acceptors (Lipinski definition) is 5. The van der Waals surface area contributed by atoms with Gasteiger partial charge in [-0.1, -0.05) is 5.16 Å². The fraction of sp³-hybridized carbons (Fsp3) is 0.700. The van der Waals surface area contributed by atoms with Crippen LogP contribution in [0.2, 0.25) is 0 Å². The van der Waals surface area contributed by atoms with Crippen molar-refractivity contribution >= 4 is 10.0 Å². The molecule has 0 aromatic carbocycles. The molecular formula is C10H16N2O4S. The van der Waals surface area contributed by atoms with Gasteiger partial charge in [0.1, 0.15) is 17.2 Å². The largest absolute Gasteiger partial charge is 0.393 e. The number of nitrogens with one attached hydrogen (secondary N) is 1. The van der Waals surface area contributed by atoms with E-state index >= 15 is 0 Å². The smallest absolute Gasteiger partial charge is 0.217 e. The normalized spacial score (nSPS) is 24.6. The Morgan fingerprint density at radius 2 is 2.29 bits per heavy atom. The second-order valence-electron chi connectivity index (χ2n) is 4.53. The quantitative estimate of drug-likeness (QED) is 0.787. The lowest BCUT2D eigenvalue weighted by Gasteiger charge is -2.31. The standard InChI is InChI=1S/C10H16N2O4S/c1-7-2-9(12-16-7)6-17(14,15)11-5-8-3-10(13)4-8/h2,8,10-11,13H,3-6H2,1H3. The summed E-state index contributed by atoms with van der Waals surface area (Å²) in [5, 5.41) is 12.7. The zero-order chi connectivity index (χ0) is 12.5. The Labute approximate surface area is 100 Å². The van der Waals surface area contributed by atoms with E-state index in [2.05, 4.69) is 9.88 Å². The molecule has 96 valence electrons. The van der Waals surface area contributed by atoms with Crippen LogP contribution in [0.25, 0.3) is 0 Å². The van der Waals surface area contributed by atoms with E-state index in [1.165, 1.54) is 0 Å². The number of nitrogens with zero attached hydrogens (tertiary/aromatic N) is 1. The molecule has 6 nitrogen and oxygen atoms in total. The minimum atomic E-state index is -3.36. The highest BCUT2D eigenvalue weighted by Crippen LogP contribution is 2.26. The Balaban J connectivity index is 1.82. The van der Waals surface area contributed by atoms with Gasteiger partial charge in [-0.05, 0) is 25.7 Å². The van der Waals surface area contributed by atoms with Crippen LogP contribution in [-0.4, -0.2) is 31.3 Å². The lowest BCUT2D eigenvalue weighted by molar-refractivity contribution is 0.0453. The van der Waals surface area contributed by atoms with Gasteiger partial charge in [0.25, 0.3) is 0 Å². The summed E-state index contributed by atoms with van der Waals surface area (Å²) < 4.78 is 30.7. The fourth-order valence-corrected chi connectivity index (χ4v) is 2.96. The number of aliphatic hydroxyl groups excluding tert-OH is 1. The first-order chi connectivity index (χ1) is 7.94. The Kier molecular flexibility index (Phi) is 3.50. The first-order valence-electron chi connectivity index (χ1n) is 5.52. The molecule has 1 aromatic rings. The molecule has 0 unspecified atom stereocenters. The van der Waals surface area contributed by atoms with E-state index in [4.69, 9.17) is 9.63 Å². The van der Waals surface area contributed by atoms with Crippen molar-refractivity contribution in [2.24, 2.45) is 5.92 Å². The molecule has 0 amide bonds. The zero-order valence-corrected chi connectivity index (χ0v) is 10.4. The Bertz CT molecular complexity index is 476. The Hall–Kier alpha value is -0.920. The van der Waals surface area contributed by atoms with E-state index in [0.29, 0.717) is 30.8 Å². The molecule has 1 fully saturated rings. The molecule has 2 rings (SSSR count). The van der Waals surface area contributed by atoms with E-state index in [-0.39, 0.29) is 17.8 Å². The summed E-state index contributed by atoms with van der Waals surface area (Å²) in [6.45, 7) is 2.10. The number of aliphatic hydroxyl groups is 1. The maximum Gasteiger partial charge on any atom is 0.217 e. The molecule has 1 heterocycles. The molecule has 17 heavy (non-hydrogen) atoms. The van der Waals surface area contributed by atoms with Gasteiger partial charge in [0.2, 0.25) is 10.0 Å². The number of aryl methyl sites for hydroxylation is 1. The fourth-order valence-electron chi connectivity index (χ4n) is 1.84. The summed E-state index contributed by atoms with van der Waals surface area (Å²) >= 11 is 0. The van der Waals surface area contributed by atoms with Gasteiger partial charge in [-0.15, -0.1) is 0 Å². The minimum Gasteiger partial charge on any atom is -0.393 e. The highest BCUT2D eigenvalue weighted by Gasteiger charge is 2.28. The van der Waals surface area contributed by atoms with Gasteiger partial charge < -0.3 is 9.63 Å². The summed E-state index contributed by atoms with van der Waals surface area (Å²) in [5.74, 6) is 0.677. The number of aromatic nitrogens is 1. The van der Waals surface area contributed by atoms with Crippen molar-refractivity contribution in [3.05, 3.63) is 17.5 Å². The molecule has 0 saturated heterocycles. The van der Waals surface area contributed by atoms with Crippen LogP contribution in [0.1, 0.15) is 24.3 Å². The van der Waals surface area contributed by atoms with Crippen molar-refractivity contribution in [3.8, 4) is 0 Å². The molecule has 0 bridgehead atoms. The van der Waals surface area contributed by atoms with Crippen LogP contribution in [0.3, 0.4) is 0 Å². The van der Waals surface area contributed by atoms with Crippen LogP contribution in [0, 0.1) is 12.8 Å². The topological polar surface area (TPSA) is 92.4 Å². The van der Waals surface area contributed by atoms with Gasteiger partial charge in [0.15, 0.2) is 0 Å². The predicted molar refractivity (Wildman–Crippen MR) is 60.6 cm³/mol. The summed E-state index contributed by atoms with van der Waals surface area (Å²) in [7, 11) is -3.36. The maximum atomic E-state index is 11.7. The predicted octanol–water partition coefficient (Wildman–Crippen LogP) is 0.173. The monoisotopic (exact) mass is 260 g/mol. The summed E-state index contributed by atoms with van der Waals surface area (Å²) in [5.41, 5.74) is 0.406. The number of hydrogen-bond donors (Lipinski definition) is 2. The van der Waals surface area contributed by atoms with Gasteiger partial charge in [-0.25, -0.2) is 13.1 Å². The van der Waals surface area contributed by atoms with E-state index < -0.39 is 10.0 Å². The third kappa shape index (κ3) is 3.52. The van der Waals surface area contributed by atoms with Gasteiger partial charge in [0.05, 0.1) is 6.10 Å². The van der Waals surface area contributed by atoms with Crippen molar-refractivity contribution in [2.45, 2.75) is 31.6 Å². The highest BCUT2D eigenvalue weighted by atomic mass is 32.2. The van der Waals surface area contributed by atoms with Crippen molar-refractivity contribution in [1.29, 1.82) is 0 Å². The van der Waals surface area contributed by atoms with Crippen LogP contribution in [0.15, 0.2) is 10.6 Å². The van der Waals surface area contributed by atoms with Gasteiger partial charge >= 0.3 is 0 Å². The van der Waals surface area contributed by atoms with Gasteiger partial charge in [0, 0.05) is 12.6 Å². The SMILES string of the molecule is Cc1cc(CS(=O)(=O)NCC2CC(O)C2)no1. The molecule has 1 aliphatic carbocycles. The van der Waals surface area contributed by atoms with Crippen molar-refractivity contribution in [3.63, 3.8) is 0 Å². The molecule has 0 aliphatic heterocycles. The third-order valence-corrected chi connectivity index (χ3v) is 4.10. The van der Waals surface area contributed by atoms with E-state index in [1.807, 2.05) is 0 Å². The van der Waals surface area contributed by atoms with Gasteiger partial charge in [-0.3, -0.25) is 0 Å². The highest BCUT2D eigenvalue weighted by molar-refractivity contribution is 7.88. The summed E-state index contributed by atoms with van der Waals surface area (Å²) in [4.78, 5) is 0. The molecule has 2 N–H and O–H groups in total. The van der Waals surface area contributed by atoms with Crippen molar-refractivity contribution in [1.82, 2.24) is 9.88 Å². The van der Waals surface area contributed by atoms with Crippen LogP contribution in [0.5, 0.6) is 0 Å². The number of rotatable bonds is 5. The minimum absolute atomic E-state index is 0.167. The van der Waals surface area contributed by atoms with E-state index in [9.17, 15) is 8.42 Å². The zero-order valence-electron chi connectivity index (χ0n) is 9.59. The molecule has 0 spiro atoms. The third-order valence-electron chi connectivity index (χ3n) is 2.82. The summed E-state index contributed by atoms with van der Waals surface area (Å²) in [6, 6.07) is 1.60. The molecular weight excluding hydrogens is 244 g/mol.